The van der Waals surface area contributed by atoms with Crippen LogP contribution in [-0.4, -0.2) is 41.6 Å². The fourth-order valence-corrected chi connectivity index (χ4v) is 2.50. The topological polar surface area (TPSA) is 26.3 Å². The van der Waals surface area contributed by atoms with E-state index in [-0.39, 0.29) is 18.8 Å². The van der Waals surface area contributed by atoms with Crippen LogP contribution < -0.4 is 0 Å². The van der Waals surface area contributed by atoms with E-state index in [0.29, 0.717) is 6.42 Å². The highest BCUT2D eigenvalue weighted by Crippen LogP contribution is 2.48. The highest BCUT2D eigenvalue weighted by Gasteiger charge is 2.72. The first-order valence-corrected chi connectivity index (χ1v) is 8.52. The van der Waals surface area contributed by atoms with Gasteiger partial charge in [0.1, 0.15) is 0 Å². The van der Waals surface area contributed by atoms with E-state index >= 15 is 0 Å². The number of rotatable bonds is 11. The zero-order chi connectivity index (χ0) is 19.0. The number of thioether (sulfide) groups is 1. The van der Waals surface area contributed by atoms with E-state index in [1.807, 2.05) is 6.92 Å². The molecule has 1 atom stereocenters. The van der Waals surface area contributed by atoms with E-state index < -0.39 is 42.1 Å². The van der Waals surface area contributed by atoms with Gasteiger partial charge in [-0.3, -0.25) is 4.79 Å². The van der Waals surface area contributed by atoms with E-state index in [0.717, 1.165) is 18.2 Å². The number of carbonyl (C=O) groups excluding carboxylic acids is 1. The van der Waals surface area contributed by atoms with E-state index in [4.69, 9.17) is 4.74 Å². The minimum Gasteiger partial charge on any atom is -0.465 e. The third-order valence-electron chi connectivity index (χ3n) is 3.14. The van der Waals surface area contributed by atoms with Gasteiger partial charge < -0.3 is 4.74 Å². The molecule has 0 spiro atoms. The Bertz CT molecular complexity index is 386. The Labute approximate surface area is 140 Å². The van der Waals surface area contributed by atoms with Gasteiger partial charge >= 0.3 is 24.0 Å². The lowest BCUT2D eigenvalue weighted by Gasteiger charge is -2.28. The molecule has 0 aliphatic carbocycles. The summed E-state index contributed by atoms with van der Waals surface area (Å²) in [5.41, 5.74) is 0. The molecule has 0 amide bonds. The molecule has 0 aromatic heterocycles. The molecule has 0 saturated carbocycles. The zero-order valence-electron chi connectivity index (χ0n) is 13.4. The van der Waals surface area contributed by atoms with Crippen molar-refractivity contribution >= 4 is 17.7 Å². The number of hydrogen-bond donors (Lipinski definition) is 0. The standard InChI is InChI=1S/C14H21F7O2S/c1-3-4-8-23-11(22)10(2)24-9-6-5-7-12(15,16)13(17,18)14(19,20)21/h10H,3-9H2,1-2H3. The average Bonchev–Trinajstić information content (AvgIpc) is 2.45. The number of hydrogen-bond acceptors (Lipinski definition) is 3. The number of esters is 1. The Morgan fingerprint density at radius 3 is 2.12 bits per heavy atom. The first-order valence-electron chi connectivity index (χ1n) is 7.47. The van der Waals surface area contributed by atoms with Gasteiger partial charge in [0, 0.05) is 6.42 Å². The van der Waals surface area contributed by atoms with Gasteiger partial charge in [-0.1, -0.05) is 13.3 Å². The molecule has 0 bridgehead atoms. The largest absolute Gasteiger partial charge is 0.465 e. The molecule has 1 unspecified atom stereocenters. The van der Waals surface area contributed by atoms with Gasteiger partial charge in [0.2, 0.25) is 0 Å². The van der Waals surface area contributed by atoms with E-state index in [1.165, 1.54) is 0 Å². The minimum atomic E-state index is -6.29. The van der Waals surface area contributed by atoms with Crippen molar-refractivity contribution in [3.63, 3.8) is 0 Å². The van der Waals surface area contributed by atoms with Crippen molar-refractivity contribution in [1.29, 1.82) is 0 Å². The smallest absolute Gasteiger partial charge is 0.459 e. The molecule has 0 aromatic rings. The van der Waals surface area contributed by atoms with Crippen molar-refractivity contribution in [2.24, 2.45) is 0 Å². The highest BCUT2D eigenvalue weighted by atomic mass is 32.2. The van der Waals surface area contributed by atoms with Gasteiger partial charge in [-0.25, -0.2) is 0 Å². The summed E-state index contributed by atoms with van der Waals surface area (Å²) >= 11 is 1.08. The van der Waals surface area contributed by atoms with Crippen molar-refractivity contribution in [3.05, 3.63) is 0 Å². The SMILES string of the molecule is CCCCOC(=O)C(C)SCCCCC(F)(F)C(F)(F)C(F)(F)F. The second kappa shape index (κ2) is 9.72. The molecule has 0 N–H and O–H groups in total. The molecule has 0 heterocycles. The number of unbranched alkanes of at least 4 members (excludes halogenated alkanes) is 2. The number of ether oxygens (including phenoxy) is 1. The van der Waals surface area contributed by atoms with Gasteiger partial charge in [-0.05, 0) is 31.9 Å². The lowest BCUT2D eigenvalue weighted by Crippen LogP contribution is -2.51. The van der Waals surface area contributed by atoms with Crippen LogP contribution in [0.1, 0.15) is 46.0 Å². The first-order chi connectivity index (χ1) is 10.9. The summed E-state index contributed by atoms with van der Waals surface area (Å²) in [5, 5.41) is -0.556. The van der Waals surface area contributed by atoms with Gasteiger partial charge in [0.25, 0.3) is 0 Å². The molecule has 0 aliphatic heterocycles. The maximum Gasteiger partial charge on any atom is 0.459 e. The van der Waals surface area contributed by atoms with Crippen molar-refractivity contribution in [2.45, 2.75) is 69.2 Å². The molecular formula is C14H21F7O2S. The first kappa shape index (κ1) is 23.3. The maximum absolute atomic E-state index is 13.0. The summed E-state index contributed by atoms with van der Waals surface area (Å²) in [6.45, 7) is 3.74. The van der Waals surface area contributed by atoms with Crippen LogP contribution in [0.4, 0.5) is 30.7 Å². The summed E-state index contributed by atoms with van der Waals surface area (Å²) in [6, 6.07) is 0. The molecule has 10 heteroatoms. The Morgan fingerprint density at radius 1 is 1.04 bits per heavy atom. The number of alkyl halides is 7. The Hall–Kier alpha value is -0.670. The minimum absolute atomic E-state index is 0.0131. The van der Waals surface area contributed by atoms with Crippen molar-refractivity contribution in [3.8, 4) is 0 Å². The van der Waals surface area contributed by atoms with Gasteiger partial charge in [0.15, 0.2) is 0 Å². The summed E-state index contributed by atoms with van der Waals surface area (Å²) in [6.07, 6.45) is -6.82. The molecule has 0 fully saturated rings. The predicted octanol–water partition coefficient (Wildman–Crippen LogP) is 5.45. The molecule has 0 rings (SSSR count). The van der Waals surface area contributed by atoms with Crippen LogP contribution in [0, 0.1) is 0 Å². The molecular weight excluding hydrogens is 365 g/mol. The van der Waals surface area contributed by atoms with E-state index in [1.54, 1.807) is 6.92 Å². The predicted molar refractivity (Wildman–Crippen MR) is 77.6 cm³/mol. The summed E-state index contributed by atoms with van der Waals surface area (Å²) < 4.78 is 92.1. The lowest BCUT2D eigenvalue weighted by atomic mass is 10.0. The maximum atomic E-state index is 13.0. The van der Waals surface area contributed by atoms with Crippen molar-refractivity contribution < 1.29 is 40.3 Å². The average molecular weight is 386 g/mol. The molecule has 0 radical (unpaired) electrons. The molecule has 24 heavy (non-hydrogen) atoms. The second-order valence-electron chi connectivity index (χ2n) is 5.27. The number of halogens is 7. The van der Waals surface area contributed by atoms with Crippen LogP contribution in [-0.2, 0) is 9.53 Å². The quantitative estimate of drug-likeness (QED) is 0.268. The Kier molecular flexibility index (Phi) is 9.45. The van der Waals surface area contributed by atoms with Gasteiger partial charge in [0.05, 0.1) is 11.9 Å². The van der Waals surface area contributed by atoms with Crippen molar-refractivity contribution in [2.75, 3.05) is 12.4 Å². The molecule has 2 nitrogen and oxygen atoms in total. The summed E-state index contributed by atoms with van der Waals surface area (Å²) in [7, 11) is 0. The second-order valence-corrected chi connectivity index (χ2v) is 6.72. The van der Waals surface area contributed by atoms with Crippen molar-refractivity contribution in [1.82, 2.24) is 0 Å². The summed E-state index contributed by atoms with van der Waals surface area (Å²) in [4.78, 5) is 11.5. The Balaban J connectivity index is 4.11. The zero-order valence-corrected chi connectivity index (χ0v) is 14.2. The fraction of sp³-hybridized carbons (Fsp3) is 0.929. The van der Waals surface area contributed by atoms with Crippen LogP contribution in [0.25, 0.3) is 0 Å². The van der Waals surface area contributed by atoms with Crippen LogP contribution in [0.2, 0.25) is 0 Å². The Morgan fingerprint density at radius 2 is 1.62 bits per heavy atom. The van der Waals surface area contributed by atoms with Gasteiger partial charge in [-0.2, -0.15) is 30.7 Å². The fourth-order valence-electron chi connectivity index (χ4n) is 1.58. The molecule has 0 aromatic carbocycles. The van der Waals surface area contributed by atoms with Crippen LogP contribution >= 0.6 is 11.8 Å². The number of carbonyl (C=O) groups is 1. The molecule has 0 aliphatic rings. The highest BCUT2D eigenvalue weighted by molar-refractivity contribution is 8.00. The molecule has 0 saturated heterocycles. The van der Waals surface area contributed by atoms with E-state index in [2.05, 4.69) is 0 Å². The van der Waals surface area contributed by atoms with Gasteiger partial charge in [-0.15, -0.1) is 11.8 Å². The lowest BCUT2D eigenvalue weighted by molar-refractivity contribution is -0.355. The van der Waals surface area contributed by atoms with Crippen LogP contribution in [0.3, 0.4) is 0 Å². The summed E-state index contributed by atoms with van der Waals surface area (Å²) in [5.74, 6) is -11.5. The molecule has 144 valence electrons. The van der Waals surface area contributed by atoms with E-state index in [9.17, 15) is 35.5 Å². The monoisotopic (exact) mass is 386 g/mol. The van der Waals surface area contributed by atoms with Crippen LogP contribution in [0.5, 0.6) is 0 Å². The van der Waals surface area contributed by atoms with Crippen LogP contribution in [0.15, 0.2) is 0 Å². The normalized spacial score (nSPS) is 14.5. The third kappa shape index (κ3) is 7.06. The third-order valence-corrected chi connectivity index (χ3v) is 4.36.